The predicted molar refractivity (Wildman–Crippen MR) is 85.3 cm³/mol. The van der Waals surface area contributed by atoms with Crippen molar-refractivity contribution < 1.29 is 9.59 Å². The first kappa shape index (κ1) is 15.7. The van der Waals surface area contributed by atoms with Crippen molar-refractivity contribution in [1.29, 1.82) is 0 Å². The van der Waals surface area contributed by atoms with Crippen molar-refractivity contribution in [1.82, 2.24) is 9.47 Å². The van der Waals surface area contributed by atoms with Crippen LogP contribution < -0.4 is 0 Å². The van der Waals surface area contributed by atoms with Crippen LogP contribution in [0.3, 0.4) is 0 Å². The highest BCUT2D eigenvalue weighted by Gasteiger charge is 2.18. The van der Waals surface area contributed by atoms with E-state index in [9.17, 15) is 9.59 Å². The van der Waals surface area contributed by atoms with E-state index in [1.807, 2.05) is 25.3 Å². The molecule has 0 saturated heterocycles. The van der Waals surface area contributed by atoms with Crippen molar-refractivity contribution >= 4 is 22.9 Å². The molecule has 0 atom stereocenters. The molecule has 21 heavy (non-hydrogen) atoms. The fourth-order valence-electron chi connectivity index (χ4n) is 2.22. The Balaban J connectivity index is 2.19. The normalized spacial score (nSPS) is 11.0. The van der Waals surface area contributed by atoms with Crippen LogP contribution in [0.15, 0.2) is 29.8 Å². The van der Waals surface area contributed by atoms with Gasteiger partial charge in [-0.25, -0.2) is 0 Å². The van der Waals surface area contributed by atoms with Gasteiger partial charge in [0.1, 0.15) is 0 Å². The molecule has 0 N–H and O–H groups in total. The first-order valence-electron chi connectivity index (χ1n) is 7.06. The number of hydrogen-bond acceptors (Lipinski definition) is 4. The van der Waals surface area contributed by atoms with E-state index in [1.54, 1.807) is 29.9 Å². The second-order valence-electron chi connectivity index (χ2n) is 4.92. The Morgan fingerprint density at radius 1 is 1.29 bits per heavy atom. The van der Waals surface area contributed by atoms with Gasteiger partial charge in [0.15, 0.2) is 5.78 Å². The maximum Gasteiger partial charge on any atom is 0.219 e. The van der Waals surface area contributed by atoms with E-state index in [1.165, 1.54) is 11.3 Å². The van der Waals surface area contributed by atoms with Crippen LogP contribution in [0, 0.1) is 0 Å². The second kappa shape index (κ2) is 6.83. The van der Waals surface area contributed by atoms with Gasteiger partial charge in [0.25, 0.3) is 0 Å². The number of nitrogens with zero attached hydrogens (tertiary/aromatic N) is 2. The number of Topliss-reactive ketones (excluding diaryl/α,β-unsaturated/α-hetero) is 1. The topological polar surface area (TPSA) is 42.3 Å². The minimum Gasteiger partial charge on any atom is -0.347 e. The van der Waals surface area contributed by atoms with Gasteiger partial charge < -0.3 is 4.57 Å². The van der Waals surface area contributed by atoms with E-state index in [2.05, 4.69) is 4.90 Å². The average molecular weight is 304 g/mol. The molecular formula is C16H20N2O2S. The number of aryl methyl sites for hydroxylation is 1. The van der Waals surface area contributed by atoms with Gasteiger partial charge >= 0.3 is 0 Å². The molecule has 0 radical (unpaired) electrons. The third-order valence-electron chi connectivity index (χ3n) is 3.57. The van der Waals surface area contributed by atoms with Gasteiger partial charge in [-0.15, -0.1) is 11.3 Å². The summed E-state index contributed by atoms with van der Waals surface area (Å²) >= 11 is 1.41. The molecule has 0 saturated carbocycles. The SMILES string of the molecule is CCN(CC)CC(=O)c1cc(C(=O)c2cccs2)n(C)c1. The van der Waals surface area contributed by atoms with Crippen LogP contribution in [0.25, 0.3) is 0 Å². The van der Waals surface area contributed by atoms with Crippen molar-refractivity contribution in [2.45, 2.75) is 13.8 Å². The zero-order valence-electron chi connectivity index (χ0n) is 12.6. The largest absolute Gasteiger partial charge is 0.347 e. The fourth-order valence-corrected chi connectivity index (χ4v) is 2.89. The molecule has 5 heteroatoms. The highest BCUT2D eigenvalue weighted by Crippen LogP contribution is 2.17. The van der Waals surface area contributed by atoms with E-state index in [4.69, 9.17) is 0 Å². The molecular weight excluding hydrogens is 284 g/mol. The van der Waals surface area contributed by atoms with Crippen LogP contribution in [-0.2, 0) is 7.05 Å². The monoisotopic (exact) mass is 304 g/mol. The number of carbonyl (C=O) groups is 2. The molecule has 112 valence electrons. The van der Waals surface area contributed by atoms with E-state index >= 15 is 0 Å². The number of ketones is 2. The Bertz CT molecular complexity index is 625. The smallest absolute Gasteiger partial charge is 0.219 e. The lowest BCUT2D eigenvalue weighted by atomic mass is 10.1. The summed E-state index contributed by atoms with van der Waals surface area (Å²) in [6.07, 6.45) is 1.74. The number of hydrogen-bond donors (Lipinski definition) is 0. The molecule has 4 nitrogen and oxygen atoms in total. The molecule has 0 aliphatic carbocycles. The Kier molecular flexibility index (Phi) is 5.09. The summed E-state index contributed by atoms with van der Waals surface area (Å²) in [5.41, 5.74) is 1.16. The number of rotatable bonds is 7. The Morgan fingerprint density at radius 2 is 2.00 bits per heavy atom. The average Bonchev–Trinajstić information content (AvgIpc) is 3.13. The molecule has 2 heterocycles. The van der Waals surface area contributed by atoms with Crippen LogP contribution in [0.2, 0.25) is 0 Å². The van der Waals surface area contributed by atoms with Crippen LogP contribution in [0.1, 0.15) is 39.6 Å². The van der Waals surface area contributed by atoms with Crippen LogP contribution in [-0.4, -0.2) is 40.7 Å². The zero-order valence-corrected chi connectivity index (χ0v) is 13.4. The van der Waals surface area contributed by atoms with E-state index < -0.39 is 0 Å². The second-order valence-corrected chi connectivity index (χ2v) is 5.86. The standard InChI is InChI=1S/C16H20N2O2S/c1-4-18(5-2)11-14(19)12-9-13(17(3)10-12)16(20)15-7-6-8-21-15/h6-10H,4-5,11H2,1-3H3. The molecule has 0 fully saturated rings. The minimum atomic E-state index is -0.0330. The van der Waals surface area contributed by atoms with Crippen LogP contribution >= 0.6 is 11.3 Å². The first-order chi connectivity index (χ1) is 10.1. The summed E-state index contributed by atoms with van der Waals surface area (Å²) in [6.45, 7) is 6.15. The summed E-state index contributed by atoms with van der Waals surface area (Å²) in [5.74, 6) is 0.0221. The van der Waals surface area contributed by atoms with E-state index in [0.717, 1.165) is 13.1 Å². The molecule has 2 rings (SSSR count). The van der Waals surface area contributed by atoms with Gasteiger partial charge in [-0.1, -0.05) is 19.9 Å². The van der Waals surface area contributed by atoms with Crippen molar-refractivity contribution in [2.24, 2.45) is 7.05 Å². The fraction of sp³-hybridized carbons (Fsp3) is 0.375. The number of carbonyl (C=O) groups excluding carboxylic acids is 2. The first-order valence-corrected chi connectivity index (χ1v) is 7.94. The highest BCUT2D eigenvalue weighted by molar-refractivity contribution is 7.12. The highest BCUT2D eigenvalue weighted by atomic mass is 32.1. The zero-order chi connectivity index (χ0) is 15.4. The van der Waals surface area contributed by atoms with Gasteiger partial charge in [0, 0.05) is 18.8 Å². The molecule has 0 aromatic carbocycles. The maximum absolute atomic E-state index is 12.4. The van der Waals surface area contributed by atoms with Crippen molar-refractivity contribution in [3.8, 4) is 0 Å². The number of thiophene rings is 1. The molecule has 2 aromatic heterocycles. The lowest BCUT2D eigenvalue weighted by Gasteiger charge is -2.16. The summed E-state index contributed by atoms with van der Waals surface area (Å²) in [6, 6.07) is 5.36. The molecule has 0 unspecified atom stereocenters. The van der Waals surface area contributed by atoms with Crippen molar-refractivity contribution in [3.63, 3.8) is 0 Å². The van der Waals surface area contributed by atoms with Crippen molar-refractivity contribution in [3.05, 3.63) is 45.9 Å². The lowest BCUT2D eigenvalue weighted by Crippen LogP contribution is -2.29. The third-order valence-corrected chi connectivity index (χ3v) is 4.43. The Morgan fingerprint density at radius 3 is 2.57 bits per heavy atom. The van der Waals surface area contributed by atoms with Gasteiger partial charge in [0.2, 0.25) is 5.78 Å². The third kappa shape index (κ3) is 3.49. The van der Waals surface area contributed by atoms with E-state index in [0.29, 0.717) is 22.7 Å². The quantitative estimate of drug-likeness (QED) is 0.739. The lowest BCUT2D eigenvalue weighted by molar-refractivity contribution is 0.0937. The molecule has 0 aliphatic heterocycles. The van der Waals surface area contributed by atoms with Gasteiger partial charge in [-0.3, -0.25) is 14.5 Å². The molecule has 0 bridgehead atoms. The van der Waals surface area contributed by atoms with Gasteiger partial charge in [-0.05, 0) is 30.6 Å². The number of likely N-dealkylation sites (N-methyl/N-ethyl adjacent to an activating group) is 1. The number of aromatic nitrogens is 1. The van der Waals surface area contributed by atoms with Crippen LogP contribution in [0.5, 0.6) is 0 Å². The summed E-state index contributed by atoms with van der Waals surface area (Å²) in [4.78, 5) is 27.4. The van der Waals surface area contributed by atoms with Crippen molar-refractivity contribution in [2.75, 3.05) is 19.6 Å². The maximum atomic E-state index is 12.4. The molecule has 0 amide bonds. The summed E-state index contributed by atoms with van der Waals surface area (Å²) in [7, 11) is 1.80. The predicted octanol–water partition coefficient (Wildman–Crippen LogP) is 2.84. The van der Waals surface area contributed by atoms with Gasteiger partial charge in [0.05, 0.1) is 17.1 Å². The minimum absolute atomic E-state index is 0.0330. The summed E-state index contributed by atoms with van der Waals surface area (Å²) in [5, 5.41) is 1.88. The molecule has 2 aromatic rings. The molecule has 0 spiro atoms. The van der Waals surface area contributed by atoms with Crippen LogP contribution in [0.4, 0.5) is 0 Å². The van der Waals surface area contributed by atoms with Gasteiger partial charge in [-0.2, -0.15) is 0 Å². The molecule has 0 aliphatic rings. The Hall–Kier alpha value is -1.72. The summed E-state index contributed by atoms with van der Waals surface area (Å²) < 4.78 is 1.73. The Labute approximate surface area is 129 Å². The van der Waals surface area contributed by atoms with E-state index in [-0.39, 0.29) is 11.6 Å².